The highest BCUT2D eigenvalue weighted by Crippen LogP contribution is 2.27. The minimum Gasteiger partial charge on any atom is -0.337 e. The zero-order valence-corrected chi connectivity index (χ0v) is 14.9. The number of hydrogen-bond acceptors (Lipinski definition) is 5. The first-order valence-electron chi connectivity index (χ1n) is 6.28. The van der Waals surface area contributed by atoms with Gasteiger partial charge < -0.3 is 4.57 Å². The first-order valence-corrected chi connectivity index (χ1v) is 10.0. The SMILES string of the molecule is Cc1nc(S(=O)(=O)Nc2ccc(NS(C)(=O)=O)c(Cl)c2)cn1C. The van der Waals surface area contributed by atoms with Crippen LogP contribution < -0.4 is 9.44 Å². The molecule has 1 aromatic heterocycles. The number of halogens is 1. The van der Waals surface area contributed by atoms with E-state index in [4.69, 9.17) is 11.6 Å². The Bertz CT molecular complexity index is 932. The maximum atomic E-state index is 12.3. The van der Waals surface area contributed by atoms with Gasteiger partial charge in [0.2, 0.25) is 10.0 Å². The molecule has 0 unspecified atom stereocenters. The summed E-state index contributed by atoms with van der Waals surface area (Å²) in [7, 11) is -5.65. The average Bonchev–Trinajstić information content (AvgIpc) is 2.72. The lowest BCUT2D eigenvalue weighted by atomic mass is 10.3. The van der Waals surface area contributed by atoms with Crippen molar-refractivity contribution in [1.29, 1.82) is 0 Å². The molecule has 2 rings (SSSR count). The molecule has 8 nitrogen and oxygen atoms in total. The highest BCUT2D eigenvalue weighted by atomic mass is 35.5. The van der Waals surface area contributed by atoms with Crippen LogP contribution in [0.4, 0.5) is 11.4 Å². The number of sulfonamides is 2. The number of anilines is 2. The number of imidazole rings is 1. The number of nitrogens with one attached hydrogen (secondary N) is 2. The summed E-state index contributed by atoms with van der Waals surface area (Å²) in [4.78, 5) is 3.95. The Kier molecular flexibility index (Phi) is 4.60. The molecule has 0 saturated heterocycles. The molecule has 2 N–H and O–H groups in total. The summed E-state index contributed by atoms with van der Waals surface area (Å²) in [6.07, 6.45) is 2.38. The predicted octanol–water partition coefficient (Wildman–Crippen LogP) is 1.55. The van der Waals surface area contributed by atoms with Gasteiger partial charge in [-0.3, -0.25) is 9.44 Å². The molecule has 0 amide bonds. The van der Waals surface area contributed by atoms with Crippen LogP contribution in [0.3, 0.4) is 0 Å². The van der Waals surface area contributed by atoms with Crippen LogP contribution in [0.25, 0.3) is 0 Å². The lowest BCUT2D eigenvalue weighted by molar-refractivity contribution is 0.597. The van der Waals surface area contributed by atoms with Crippen molar-refractivity contribution in [2.24, 2.45) is 7.05 Å². The van der Waals surface area contributed by atoms with E-state index in [-0.39, 0.29) is 21.4 Å². The van der Waals surface area contributed by atoms with Gasteiger partial charge in [0.05, 0.1) is 22.7 Å². The molecular weight excluding hydrogens is 364 g/mol. The standard InChI is InChI=1S/C12H15ClN4O4S2/c1-8-14-12(7-17(8)2)23(20,21)15-9-4-5-11(10(13)6-9)16-22(3,18)19/h4-7,15-16H,1-3H3. The Labute approximate surface area is 139 Å². The lowest BCUT2D eigenvalue weighted by Gasteiger charge is -2.10. The predicted molar refractivity (Wildman–Crippen MR) is 88.7 cm³/mol. The minimum atomic E-state index is -3.86. The number of rotatable bonds is 5. The molecule has 23 heavy (non-hydrogen) atoms. The second kappa shape index (κ2) is 6.02. The highest BCUT2D eigenvalue weighted by molar-refractivity contribution is 7.92. The molecule has 0 atom stereocenters. The fourth-order valence-electron chi connectivity index (χ4n) is 1.72. The Hall–Kier alpha value is -1.78. The van der Waals surface area contributed by atoms with Crippen LogP contribution in [0.2, 0.25) is 5.02 Å². The average molecular weight is 379 g/mol. The lowest BCUT2D eigenvalue weighted by Crippen LogP contribution is -2.14. The van der Waals surface area contributed by atoms with E-state index >= 15 is 0 Å². The molecule has 0 aliphatic carbocycles. The van der Waals surface area contributed by atoms with Crippen molar-refractivity contribution in [2.75, 3.05) is 15.7 Å². The van der Waals surface area contributed by atoms with Crippen molar-refractivity contribution >= 4 is 43.0 Å². The van der Waals surface area contributed by atoms with E-state index in [0.29, 0.717) is 5.82 Å². The van der Waals surface area contributed by atoms with Gasteiger partial charge >= 0.3 is 0 Å². The van der Waals surface area contributed by atoms with Crippen LogP contribution in [0.15, 0.2) is 29.4 Å². The molecule has 2 aromatic rings. The number of nitrogens with zero attached hydrogens (tertiary/aromatic N) is 2. The van der Waals surface area contributed by atoms with Gasteiger partial charge in [-0.05, 0) is 25.1 Å². The second-order valence-corrected chi connectivity index (χ2v) is 8.70. The second-order valence-electron chi connectivity index (χ2n) is 4.91. The normalized spacial score (nSPS) is 12.2. The third-order valence-electron chi connectivity index (χ3n) is 2.88. The zero-order valence-electron chi connectivity index (χ0n) is 12.5. The Morgan fingerprint density at radius 1 is 1.17 bits per heavy atom. The van der Waals surface area contributed by atoms with E-state index < -0.39 is 20.0 Å². The summed E-state index contributed by atoms with van der Waals surface area (Å²) in [5.74, 6) is 0.552. The van der Waals surface area contributed by atoms with Crippen LogP contribution in [-0.4, -0.2) is 32.6 Å². The molecule has 0 fully saturated rings. The van der Waals surface area contributed by atoms with Gasteiger partial charge in [0.15, 0.2) is 5.03 Å². The Balaban J connectivity index is 2.28. The third kappa shape index (κ3) is 4.36. The summed E-state index contributed by atoms with van der Waals surface area (Å²) in [6, 6.07) is 4.07. The molecular formula is C12H15ClN4O4S2. The van der Waals surface area contributed by atoms with Crippen molar-refractivity contribution in [3.8, 4) is 0 Å². The van der Waals surface area contributed by atoms with Gasteiger partial charge in [-0.2, -0.15) is 8.42 Å². The molecule has 0 radical (unpaired) electrons. The van der Waals surface area contributed by atoms with E-state index in [1.165, 1.54) is 24.4 Å². The summed E-state index contributed by atoms with van der Waals surface area (Å²) < 4.78 is 53.0. The fraction of sp³-hybridized carbons (Fsp3) is 0.250. The van der Waals surface area contributed by atoms with Crippen LogP contribution >= 0.6 is 11.6 Å². The monoisotopic (exact) mass is 378 g/mol. The van der Waals surface area contributed by atoms with Crippen molar-refractivity contribution in [1.82, 2.24) is 9.55 Å². The molecule has 0 spiro atoms. The molecule has 0 aliphatic heterocycles. The summed E-state index contributed by atoms with van der Waals surface area (Å²) in [6.45, 7) is 1.68. The highest BCUT2D eigenvalue weighted by Gasteiger charge is 2.19. The fourth-order valence-corrected chi connectivity index (χ4v) is 3.68. The molecule has 0 aliphatic rings. The number of aryl methyl sites for hydroxylation is 2. The van der Waals surface area contributed by atoms with Gasteiger partial charge in [0, 0.05) is 13.2 Å². The van der Waals surface area contributed by atoms with E-state index in [1.807, 2.05) is 0 Å². The van der Waals surface area contributed by atoms with Gasteiger partial charge in [-0.25, -0.2) is 13.4 Å². The maximum Gasteiger partial charge on any atom is 0.280 e. The summed E-state index contributed by atoms with van der Waals surface area (Å²) >= 11 is 5.96. The van der Waals surface area contributed by atoms with Crippen molar-refractivity contribution < 1.29 is 16.8 Å². The molecule has 0 bridgehead atoms. The third-order valence-corrected chi connectivity index (χ3v) is 5.03. The van der Waals surface area contributed by atoms with Crippen LogP contribution in [0.1, 0.15) is 5.82 Å². The number of hydrogen-bond donors (Lipinski definition) is 2. The van der Waals surface area contributed by atoms with E-state index in [1.54, 1.807) is 18.5 Å². The minimum absolute atomic E-state index is 0.0628. The van der Waals surface area contributed by atoms with Crippen molar-refractivity contribution in [2.45, 2.75) is 11.9 Å². The molecule has 11 heteroatoms. The first-order chi connectivity index (χ1) is 10.5. The van der Waals surface area contributed by atoms with E-state index in [0.717, 1.165) is 6.26 Å². The van der Waals surface area contributed by atoms with E-state index in [9.17, 15) is 16.8 Å². The van der Waals surface area contributed by atoms with Crippen molar-refractivity contribution in [3.63, 3.8) is 0 Å². The van der Waals surface area contributed by atoms with Gasteiger partial charge in [0.25, 0.3) is 10.0 Å². The molecule has 0 saturated carbocycles. The largest absolute Gasteiger partial charge is 0.337 e. The summed E-state index contributed by atoms with van der Waals surface area (Å²) in [5.41, 5.74) is 0.350. The van der Waals surface area contributed by atoms with Crippen molar-refractivity contribution in [3.05, 3.63) is 35.2 Å². The smallest absolute Gasteiger partial charge is 0.280 e. The quantitative estimate of drug-likeness (QED) is 0.820. The van der Waals surface area contributed by atoms with Crippen LogP contribution in [-0.2, 0) is 27.1 Å². The maximum absolute atomic E-state index is 12.3. The zero-order chi connectivity index (χ0) is 17.4. The molecule has 1 aromatic carbocycles. The van der Waals surface area contributed by atoms with Gasteiger partial charge in [-0.1, -0.05) is 11.6 Å². The van der Waals surface area contributed by atoms with Gasteiger partial charge in [0.1, 0.15) is 5.82 Å². The number of benzene rings is 1. The van der Waals surface area contributed by atoms with Crippen LogP contribution in [0.5, 0.6) is 0 Å². The van der Waals surface area contributed by atoms with Crippen LogP contribution in [0, 0.1) is 6.92 Å². The molecule has 126 valence electrons. The van der Waals surface area contributed by atoms with Gasteiger partial charge in [-0.15, -0.1) is 0 Å². The number of aromatic nitrogens is 2. The van der Waals surface area contributed by atoms with E-state index in [2.05, 4.69) is 14.4 Å². The first kappa shape index (κ1) is 17.6. The Morgan fingerprint density at radius 2 is 1.83 bits per heavy atom. The Morgan fingerprint density at radius 3 is 2.30 bits per heavy atom. The topological polar surface area (TPSA) is 110 Å². The summed E-state index contributed by atoms with van der Waals surface area (Å²) in [5, 5.41) is -0.0558. The molecule has 1 heterocycles.